The fourth-order valence-electron chi connectivity index (χ4n) is 1.20. The molecule has 2 atom stereocenters. The molecule has 1 aromatic heterocycles. The first kappa shape index (κ1) is 12.4. The lowest BCUT2D eigenvalue weighted by Gasteiger charge is -2.16. The number of carboxylic acid groups (broad SMARTS) is 1. The molecule has 15 heavy (non-hydrogen) atoms. The summed E-state index contributed by atoms with van der Waals surface area (Å²) in [5.41, 5.74) is 0.241. The average molecular weight is 251 g/mol. The summed E-state index contributed by atoms with van der Waals surface area (Å²) in [6.45, 7) is 0. The minimum absolute atomic E-state index is 0.0520. The second kappa shape index (κ2) is 5.46. The number of aliphatic hydroxyl groups is 2. The van der Waals surface area contributed by atoms with Crippen LogP contribution in [0.4, 0.5) is 0 Å². The molecular formula is C9H11ClO4S. The Balaban J connectivity index is 2.85. The Morgan fingerprint density at radius 3 is 2.73 bits per heavy atom. The van der Waals surface area contributed by atoms with Crippen molar-refractivity contribution in [1.29, 1.82) is 0 Å². The van der Waals surface area contributed by atoms with Crippen molar-refractivity contribution in [3.05, 3.63) is 21.9 Å². The first-order chi connectivity index (χ1) is 7.07. The van der Waals surface area contributed by atoms with Crippen molar-refractivity contribution in [3.63, 3.8) is 0 Å². The number of carboxylic acids is 1. The zero-order valence-corrected chi connectivity index (χ0v) is 9.33. The third kappa shape index (κ3) is 2.92. The molecule has 0 bridgehead atoms. The number of hydrogen-bond acceptors (Lipinski definition) is 4. The van der Waals surface area contributed by atoms with Crippen LogP contribution >= 0.6 is 22.9 Å². The minimum atomic E-state index is -1.19. The van der Waals surface area contributed by atoms with Gasteiger partial charge in [-0.25, -0.2) is 4.79 Å². The second-order valence-electron chi connectivity index (χ2n) is 3.00. The predicted molar refractivity (Wildman–Crippen MR) is 57.6 cm³/mol. The van der Waals surface area contributed by atoms with E-state index in [4.69, 9.17) is 16.7 Å². The normalized spacial score (nSPS) is 14.9. The fourth-order valence-corrected chi connectivity index (χ4v) is 2.20. The molecule has 0 saturated heterocycles. The molecule has 1 heterocycles. The van der Waals surface area contributed by atoms with Crippen LogP contribution in [0.5, 0.6) is 0 Å². The van der Waals surface area contributed by atoms with Gasteiger partial charge >= 0.3 is 5.97 Å². The predicted octanol–water partition coefficient (Wildman–Crippen LogP) is 1.47. The SMILES string of the molecule is O=C(O)c1sccc1C(O)C(O)CCCl. The lowest BCUT2D eigenvalue weighted by atomic mass is 10.0. The molecular weight excluding hydrogens is 240 g/mol. The summed E-state index contributed by atoms with van der Waals surface area (Å²) in [7, 11) is 0. The highest BCUT2D eigenvalue weighted by Crippen LogP contribution is 2.27. The van der Waals surface area contributed by atoms with Gasteiger partial charge in [0.05, 0.1) is 6.10 Å². The smallest absolute Gasteiger partial charge is 0.346 e. The largest absolute Gasteiger partial charge is 0.477 e. The summed E-state index contributed by atoms with van der Waals surface area (Å²) in [4.78, 5) is 10.8. The van der Waals surface area contributed by atoms with Gasteiger partial charge in [0, 0.05) is 11.4 Å². The quantitative estimate of drug-likeness (QED) is 0.692. The van der Waals surface area contributed by atoms with Gasteiger partial charge in [0.15, 0.2) is 0 Å². The van der Waals surface area contributed by atoms with Gasteiger partial charge in [0.2, 0.25) is 0 Å². The van der Waals surface area contributed by atoms with E-state index in [0.29, 0.717) is 0 Å². The summed E-state index contributed by atoms with van der Waals surface area (Å²) in [6, 6.07) is 1.50. The molecule has 0 spiro atoms. The van der Waals surface area contributed by atoms with Gasteiger partial charge in [-0.15, -0.1) is 22.9 Å². The molecule has 3 N–H and O–H groups in total. The molecule has 1 aromatic rings. The fraction of sp³-hybridized carbons (Fsp3) is 0.444. The second-order valence-corrected chi connectivity index (χ2v) is 4.29. The van der Waals surface area contributed by atoms with Gasteiger partial charge in [0.25, 0.3) is 0 Å². The molecule has 2 unspecified atom stereocenters. The molecule has 0 aromatic carbocycles. The first-order valence-corrected chi connectivity index (χ1v) is 5.72. The van der Waals surface area contributed by atoms with Gasteiger partial charge in [-0.3, -0.25) is 0 Å². The van der Waals surface area contributed by atoms with Crippen molar-refractivity contribution in [2.45, 2.75) is 18.6 Å². The van der Waals surface area contributed by atoms with Gasteiger partial charge in [-0.1, -0.05) is 0 Å². The Labute approximate surface area is 95.7 Å². The zero-order chi connectivity index (χ0) is 11.4. The zero-order valence-electron chi connectivity index (χ0n) is 7.76. The van der Waals surface area contributed by atoms with Crippen LogP contribution in [0, 0.1) is 0 Å². The van der Waals surface area contributed by atoms with Crippen molar-refractivity contribution in [1.82, 2.24) is 0 Å². The molecule has 0 radical (unpaired) electrons. The van der Waals surface area contributed by atoms with Crippen LogP contribution in [-0.2, 0) is 0 Å². The number of alkyl halides is 1. The van der Waals surface area contributed by atoms with Crippen LogP contribution in [0.15, 0.2) is 11.4 Å². The van der Waals surface area contributed by atoms with E-state index in [1.165, 1.54) is 6.07 Å². The lowest BCUT2D eigenvalue weighted by Crippen LogP contribution is -2.19. The van der Waals surface area contributed by atoms with Crippen molar-refractivity contribution in [3.8, 4) is 0 Å². The van der Waals surface area contributed by atoms with E-state index in [2.05, 4.69) is 0 Å². The lowest BCUT2D eigenvalue weighted by molar-refractivity contribution is 0.0164. The Hall–Kier alpha value is -0.620. The van der Waals surface area contributed by atoms with E-state index < -0.39 is 18.2 Å². The molecule has 0 aliphatic rings. The maximum atomic E-state index is 10.8. The van der Waals surface area contributed by atoms with E-state index in [0.717, 1.165) is 11.3 Å². The van der Waals surface area contributed by atoms with Crippen LogP contribution in [0.2, 0.25) is 0 Å². The van der Waals surface area contributed by atoms with Crippen molar-refractivity contribution in [2.75, 3.05) is 5.88 Å². The number of aliphatic hydroxyl groups excluding tert-OH is 2. The van der Waals surface area contributed by atoms with E-state index in [9.17, 15) is 15.0 Å². The summed E-state index contributed by atoms with van der Waals surface area (Å²) >= 11 is 6.44. The number of thiophene rings is 1. The number of aromatic carboxylic acids is 1. The monoisotopic (exact) mass is 250 g/mol. The highest BCUT2D eigenvalue weighted by atomic mass is 35.5. The van der Waals surface area contributed by atoms with E-state index in [-0.39, 0.29) is 22.7 Å². The average Bonchev–Trinajstić information content (AvgIpc) is 2.65. The molecule has 0 saturated carbocycles. The number of carbonyl (C=O) groups is 1. The van der Waals surface area contributed by atoms with Crippen molar-refractivity contribution in [2.24, 2.45) is 0 Å². The van der Waals surface area contributed by atoms with Gasteiger partial charge < -0.3 is 15.3 Å². The van der Waals surface area contributed by atoms with Crippen molar-refractivity contribution >= 4 is 28.9 Å². The molecule has 0 fully saturated rings. The minimum Gasteiger partial charge on any atom is -0.477 e. The van der Waals surface area contributed by atoms with E-state index in [1.807, 2.05) is 0 Å². The molecule has 84 valence electrons. The molecule has 1 rings (SSSR count). The van der Waals surface area contributed by atoms with Crippen molar-refractivity contribution < 1.29 is 20.1 Å². The highest BCUT2D eigenvalue weighted by molar-refractivity contribution is 7.12. The Bertz CT molecular complexity index is 339. The third-order valence-electron chi connectivity index (χ3n) is 1.98. The molecule has 6 heteroatoms. The van der Waals surface area contributed by atoms with Crippen LogP contribution in [-0.4, -0.2) is 33.3 Å². The maximum Gasteiger partial charge on any atom is 0.346 e. The van der Waals surface area contributed by atoms with E-state index in [1.54, 1.807) is 5.38 Å². The van der Waals surface area contributed by atoms with Crippen LogP contribution in [0.1, 0.15) is 27.8 Å². The molecule has 0 aliphatic carbocycles. The van der Waals surface area contributed by atoms with Gasteiger partial charge in [-0.2, -0.15) is 0 Å². The third-order valence-corrected chi connectivity index (χ3v) is 3.11. The first-order valence-electron chi connectivity index (χ1n) is 4.30. The molecule has 4 nitrogen and oxygen atoms in total. The van der Waals surface area contributed by atoms with Gasteiger partial charge in [-0.05, 0) is 17.9 Å². The van der Waals surface area contributed by atoms with Crippen LogP contribution < -0.4 is 0 Å². The summed E-state index contributed by atoms with van der Waals surface area (Å²) < 4.78 is 0. The van der Waals surface area contributed by atoms with E-state index >= 15 is 0 Å². The maximum absolute atomic E-state index is 10.8. The standard InChI is InChI=1S/C9H11ClO4S/c10-3-1-6(11)7(12)5-2-4-15-8(5)9(13)14/h2,4,6-7,11-12H,1,3H2,(H,13,14). The number of hydrogen-bond donors (Lipinski definition) is 3. The highest BCUT2D eigenvalue weighted by Gasteiger charge is 2.24. The summed E-state index contributed by atoms with van der Waals surface area (Å²) in [6.07, 6.45) is -2.01. The van der Waals surface area contributed by atoms with Crippen LogP contribution in [0.3, 0.4) is 0 Å². The van der Waals surface area contributed by atoms with Gasteiger partial charge in [0.1, 0.15) is 11.0 Å². The molecule has 0 amide bonds. The number of halogens is 1. The number of rotatable bonds is 5. The summed E-state index contributed by atoms with van der Waals surface area (Å²) in [5.74, 6) is -0.887. The Kier molecular flexibility index (Phi) is 4.53. The van der Waals surface area contributed by atoms with Crippen LogP contribution in [0.25, 0.3) is 0 Å². The summed E-state index contributed by atoms with van der Waals surface area (Å²) in [5, 5.41) is 29.5. The Morgan fingerprint density at radius 1 is 1.53 bits per heavy atom. The topological polar surface area (TPSA) is 77.8 Å². The Morgan fingerprint density at radius 2 is 2.20 bits per heavy atom. The molecule has 0 aliphatic heterocycles.